The third kappa shape index (κ3) is 1.51. The molecular weight excluding hydrogens is 174 g/mol. The molecule has 0 fully saturated rings. The Morgan fingerprint density at radius 2 is 2.29 bits per heavy atom. The summed E-state index contributed by atoms with van der Waals surface area (Å²) < 4.78 is 2.04. The Labute approximate surface area is 83.6 Å². The van der Waals surface area contributed by atoms with E-state index in [1.807, 2.05) is 22.7 Å². The Kier molecular flexibility index (Phi) is 2.25. The molecule has 2 rings (SSSR count). The van der Waals surface area contributed by atoms with E-state index in [1.165, 1.54) is 0 Å². The Bertz CT molecular complexity index is 443. The molecule has 0 bridgehead atoms. The molecule has 2 aromatic heterocycles. The molecule has 0 aliphatic heterocycles. The van der Waals surface area contributed by atoms with Crippen molar-refractivity contribution in [2.24, 2.45) is 5.73 Å². The standard InChI is InChI=1S/C11H15N3/c1-8(2)10-7-14-4-3-9(6-12)5-11(14)13-10/h3-5,7-8H,6,12H2,1-2H3. The summed E-state index contributed by atoms with van der Waals surface area (Å²) in [5.41, 5.74) is 8.80. The van der Waals surface area contributed by atoms with Gasteiger partial charge in [0.15, 0.2) is 0 Å². The van der Waals surface area contributed by atoms with E-state index in [1.54, 1.807) is 0 Å². The van der Waals surface area contributed by atoms with E-state index in [9.17, 15) is 0 Å². The fourth-order valence-electron chi connectivity index (χ4n) is 1.45. The summed E-state index contributed by atoms with van der Waals surface area (Å²) in [6.45, 7) is 4.86. The van der Waals surface area contributed by atoms with Gasteiger partial charge in [-0.2, -0.15) is 0 Å². The zero-order valence-electron chi connectivity index (χ0n) is 8.57. The first-order chi connectivity index (χ1) is 6.70. The molecule has 3 nitrogen and oxygen atoms in total. The van der Waals surface area contributed by atoms with Crippen LogP contribution in [0.1, 0.15) is 31.0 Å². The maximum atomic E-state index is 5.57. The van der Waals surface area contributed by atoms with Gasteiger partial charge in [0.05, 0.1) is 5.69 Å². The second-order valence-electron chi connectivity index (χ2n) is 3.83. The van der Waals surface area contributed by atoms with Crippen molar-refractivity contribution in [2.45, 2.75) is 26.3 Å². The van der Waals surface area contributed by atoms with Crippen LogP contribution in [0, 0.1) is 0 Å². The first kappa shape index (κ1) is 9.21. The van der Waals surface area contributed by atoms with Crippen LogP contribution in [0.25, 0.3) is 5.65 Å². The third-order valence-corrected chi connectivity index (χ3v) is 2.37. The maximum absolute atomic E-state index is 5.57. The average Bonchev–Trinajstić information content (AvgIpc) is 2.59. The van der Waals surface area contributed by atoms with Crippen LogP contribution in [-0.2, 0) is 6.54 Å². The minimum absolute atomic E-state index is 0.469. The predicted molar refractivity (Wildman–Crippen MR) is 57.2 cm³/mol. The minimum Gasteiger partial charge on any atom is -0.326 e. The lowest BCUT2D eigenvalue weighted by atomic mass is 10.2. The molecule has 2 heterocycles. The molecule has 0 aliphatic rings. The topological polar surface area (TPSA) is 43.3 Å². The molecule has 0 saturated heterocycles. The molecule has 74 valence electrons. The molecule has 0 amide bonds. The van der Waals surface area contributed by atoms with Crippen molar-refractivity contribution in [3.8, 4) is 0 Å². The quantitative estimate of drug-likeness (QED) is 0.784. The summed E-state index contributed by atoms with van der Waals surface area (Å²) in [4.78, 5) is 4.53. The smallest absolute Gasteiger partial charge is 0.137 e. The van der Waals surface area contributed by atoms with Gasteiger partial charge in [0, 0.05) is 18.9 Å². The van der Waals surface area contributed by atoms with E-state index in [0.717, 1.165) is 16.9 Å². The zero-order valence-corrected chi connectivity index (χ0v) is 8.57. The van der Waals surface area contributed by atoms with E-state index in [2.05, 4.69) is 25.0 Å². The van der Waals surface area contributed by atoms with Crippen molar-refractivity contribution >= 4 is 5.65 Å². The van der Waals surface area contributed by atoms with Crippen molar-refractivity contribution in [3.63, 3.8) is 0 Å². The number of pyridine rings is 1. The normalized spacial score (nSPS) is 11.4. The van der Waals surface area contributed by atoms with Crippen LogP contribution in [0.3, 0.4) is 0 Å². The maximum Gasteiger partial charge on any atom is 0.137 e. The molecule has 3 heteroatoms. The summed E-state index contributed by atoms with van der Waals surface area (Å²) >= 11 is 0. The predicted octanol–water partition coefficient (Wildman–Crippen LogP) is 1.92. The second kappa shape index (κ2) is 3.42. The lowest BCUT2D eigenvalue weighted by Gasteiger charge is -1.96. The third-order valence-electron chi connectivity index (χ3n) is 2.37. The summed E-state index contributed by atoms with van der Waals surface area (Å²) in [5.74, 6) is 0.469. The molecule has 0 atom stereocenters. The van der Waals surface area contributed by atoms with Gasteiger partial charge >= 0.3 is 0 Å². The highest BCUT2D eigenvalue weighted by Gasteiger charge is 2.05. The Hall–Kier alpha value is -1.35. The average molecular weight is 189 g/mol. The van der Waals surface area contributed by atoms with Crippen LogP contribution in [0.4, 0.5) is 0 Å². The monoisotopic (exact) mass is 189 g/mol. The van der Waals surface area contributed by atoms with E-state index in [-0.39, 0.29) is 0 Å². The number of nitrogens with zero attached hydrogens (tertiary/aromatic N) is 2. The number of rotatable bonds is 2. The Morgan fingerprint density at radius 1 is 1.50 bits per heavy atom. The number of fused-ring (bicyclic) bond motifs is 1. The van der Waals surface area contributed by atoms with Gasteiger partial charge < -0.3 is 10.1 Å². The molecule has 0 aliphatic carbocycles. The molecule has 0 aromatic carbocycles. The zero-order chi connectivity index (χ0) is 10.1. The highest BCUT2D eigenvalue weighted by Crippen LogP contribution is 2.15. The molecule has 2 aromatic rings. The number of hydrogen-bond acceptors (Lipinski definition) is 2. The number of nitrogens with two attached hydrogens (primary N) is 1. The van der Waals surface area contributed by atoms with Gasteiger partial charge in [0.1, 0.15) is 5.65 Å². The van der Waals surface area contributed by atoms with Crippen LogP contribution < -0.4 is 5.73 Å². The lowest BCUT2D eigenvalue weighted by molar-refractivity contribution is 0.834. The highest BCUT2D eigenvalue weighted by molar-refractivity contribution is 5.43. The second-order valence-corrected chi connectivity index (χ2v) is 3.83. The van der Waals surface area contributed by atoms with Gasteiger partial charge in [-0.15, -0.1) is 0 Å². The van der Waals surface area contributed by atoms with Crippen LogP contribution in [0.15, 0.2) is 24.5 Å². The van der Waals surface area contributed by atoms with E-state index in [4.69, 9.17) is 5.73 Å². The van der Waals surface area contributed by atoms with Gasteiger partial charge in [0.2, 0.25) is 0 Å². The van der Waals surface area contributed by atoms with Crippen molar-refractivity contribution in [2.75, 3.05) is 0 Å². The summed E-state index contributed by atoms with van der Waals surface area (Å²) in [6, 6.07) is 4.06. The summed E-state index contributed by atoms with van der Waals surface area (Å²) in [5, 5.41) is 0. The summed E-state index contributed by atoms with van der Waals surface area (Å²) in [6.07, 6.45) is 4.08. The van der Waals surface area contributed by atoms with Crippen molar-refractivity contribution in [1.82, 2.24) is 9.38 Å². The molecule has 0 saturated carbocycles. The van der Waals surface area contributed by atoms with Gasteiger partial charge in [0.25, 0.3) is 0 Å². The molecule has 0 spiro atoms. The fraction of sp³-hybridized carbons (Fsp3) is 0.364. The first-order valence-corrected chi connectivity index (χ1v) is 4.88. The largest absolute Gasteiger partial charge is 0.326 e. The van der Waals surface area contributed by atoms with Crippen LogP contribution in [-0.4, -0.2) is 9.38 Å². The number of hydrogen-bond donors (Lipinski definition) is 1. The first-order valence-electron chi connectivity index (χ1n) is 4.88. The Morgan fingerprint density at radius 3 is 2.93 bits per heavy atom. The highest BCUT2D eigenvalue weighted by atomic mass is 15.0. The summed E-state index contributed by atoms with van der Waals surface area (Å²) in [7, 11) is 0. The molecule has 2 N–H and O–H groups in total. The lowest BCUT2D eigenvalue weighted by Crippen LogP contribution is -1.96. The van der Waals surface area contributed by atoms with Gasteiger partial charge in [-0.25, -0.2) is 4.98 Å². The fourth-order valence-corrected chi connectivity index (χ4v) is 1.45. The SMILES string of the molecule is CC(C)c1cn2ccc(CN)cc2n1. The van der Waals surface area contributed by atoms with Crippen LogP contribution in [0.5, 0.6) is 0 Å². The van der Waals surface area contributed by atoms with Crippen molar-refractivity contribution < 1.29 is 0 Å². The number of imidazole rings is 1. The van der Waals surface area contributed by atoms with Crippen LogP contribution in [0.2, 0.25) is 0 Å². The molecule has 0 radical (unpaired) electrons. The molecule has 0 unspecified atom stereocenters. The minimum atomic E-state index is 0.469. The number of aromatic nitrogens is 2. The van der Waals surface area contributed by atoms with Crippen molar-refractivity contribution in [3.05, 3.63) is 35.8 Å². The van der Waals surface area contributed by atoms with E-state index >= 15 is 0 Å². The van der Waals surface area contributed by atoms with E-state index < -0.39 is 0 Å². The van der Waals surface area contributed by atoms with Gasteiger partial charge in [-0.3, -0.25) is 0 Å². The van der Waals surface area contributed by atoms with Crippen LogP contribution >= 0.6 is 0 Å². The van der Waals surface area contributed by atoms with Gasteiger partial charge in [-0.05, 0) is 23.6 Å². The van der Waals surface area contributed by atoms with Gasteiger partial charge in [-0.1, -0.05) is 13.8 Å². The van der Waals surface area contributed by atoms with E-state index in [0.29, 0.717) is 12.5 Å². The molecule has 14 heavy (non-hydrogen) atoms. The molecular formula is C11H15N3. The Balaban J connectivity index is 2.54. The van der Waals surface area contributed by atoms with Crippen molar-refractivity contribution in [1.29, 1.82) is 0 Å².